The van der Waals surface area contributed by atoms with Gasteiger partial charge in [-0.15, -0.1) is 0 Å². The van der Waals surface area contributed by atoms with Crippen molar-refractivity contribution in [1.82, 2.24) is 0 Å². The van der Waals surface area contributed by atoms with E-state index in [1.165, 1.54) is 6.42 Å². The van der Waals surface area contributed by atoms with E-state index in [9.17, 15) is 0 Å². The molecule has 0 bridgehead atoms. The monoisotopic (exact) mass is 314 g/mol. The standard InChI is InChI=1S/C3H8.9C2H6/c1-3-2;9*1-2/h3H2,1-2H3;9*1-2H3. The summed E-state index contributed by atoms with van der Waals surface area (Å²) in [4.78, 5) is 0. The highest BCUT2D eigenvalue weighted by Gasteiger charge is 1.35. The Balaban J connectivity index is -0.00000000804. The summed E-state index contributed by atoms with van der Waals surface area (Å²) >= 11 is 0. The normalized spacial score (nSPS) is 3.43. The topological polar surface area (TPSA) is 0 Å². The maximum absolute atomic E-state index is 2.12. The molecule has 0 aliphatic heterocycles. The Bertz CT molecular complexity index is 0. The van der Waals surface area contributed by atoms with Gasteiger partial charge in [-0.3, -0.25) is 0 Å². The fourth-order valence-corrected chi connectivity index (χ4v) is 0. The molecule has 0 radical (unpaired) electrons. The van der Waals surface area contributed by atoms with Crippen LogP contribution in [0.3, 0.4) is 0 Å². The van der Waals surface area contributed by atoms with Crippen molar-refractivity contribution in [3.8, 4) is 0 Å². The summed E-state index contributed by atoms with van der Waals surface area (Å²) in [5.74, 6) is 0. The zero-order valence-corrected chi connectivity index (χ0v) is 20.7. The first kappa shape index (κ1) is 69.4. The Morgan fingerprint density at radius 1 is 0.238 bits per heavy atom. The minimum atomic E-state index is 1.25. The van der Waals surface area contributed by atoms with Gasteiger partial charge in [-0.1, -0.05) is 145 Å². The third-order valence-corrected chi connectivity index (χ3v) is 0. The van der Waals surface area contributed by atoms with E-state index in [0.29, 0.717) is 0 Å². The maximum atomic E-state index is 2.12. The fraction of sp³-hybridized carbons (Fsp3) is 1.00. The van der Waals surface area contributed by atoms with Gasteiger partial charge >= 0.3 is 0 Å². The molecule has 0 unspecified atom stereocenters. The maximum Gasteiger partial charge on any atom is -0.0590 e. The molecular formula is C21H62. The Labute approximate surface area is 145 Å². The first-order valence-electron chi connectivity index (χ1n) is 10.4. The van der Waals surface area contributed by atoms with Gasteiger partial charge in [0.25, 0.3) is 0 Å². The average Bonchev–Trinajstić information content (AvgIpc) is 2.70. The Hall–Kier alpha value is 0. The third kappa shape index (κ3) is 0. The van der Waals surface area contributed by atoms with Crippen LogP contribution >= 0.6 is 0 Å². The lowest BCUT2D eigenvalue weighted by Gasteiger charge is -1.48. The molecule has 0 atom stereocenters. The second-order valence-corrected chi connectivity index (χ2v) is 0.707. The van der Waals surface area contributed by atoms with Crippen LogP contribution in [0.1, 0.15) is 145 Å². The van der Waals surface area contributed by atoms with Crippen molar-refractivity contribution in [2.24, 2.45) is 0 Å². The van der Waals surface area contributed by atoms with Gasteiger partial charge in [0.2, 0.25) is 0 Å². The molecule has 0 rings (SSSR count). The highest BCUT2D eigenvalue weighted by atomic mass is 13.4. The highest BCUT2D eigenvalue weighted by molar-refractivity contribution is 3.92. The molecule has 0 aromatic carbocycles. The lowest BCUT2D eigenvalue weighted by Crippen LogP contribution is -1.27. The Kier molecular flexibility index (Phi) is 23900. The van der Waals surface area contributed by atoms with Crippen LogP contribution in [-0.2, 0) is 0 Å². The van der Waals surface area contributed by atoms with Crippen LogP contribution in [0.2, 0.25) is 0 Å². The van der Waals surface area contributed by atoms with E-state index in [0.717, 1.165) is 0 Å². The van der Waals surface area contributed by atoms with E-state index < -0.39 is 0 Å². The molecule has 0 saturated heterocycles. The summed E-state index contributed by atoms with van der Waals surface area (Å²) in [7, 11) is 0. The second-order valence-electron chi connectivity index (χ2n) is 0.707. The number of hydrogen-bond acceptors (Lipinski definition) is 0. The number of rotatable bonds is 0. The summed E-state index contributed by atoms with van der Waals surface area (Å²) in [6.45, 7) is 40.2. The van der Waals surface area contributed by atoms with E-state index in [1.54, 1.807) is 0 Å². The molecule has 0 aliphatic rings. The Morgan fingerprint density at radius 3 is 0.238 bits per heavy atom. The van der Waals surface area contributed by atoms with E-state index in [4.69, 9.17) is 0 Å². The first-order chi connectivity index (χ1) is 10.4. The van der Waals surface area contributed by atoms with Gasteiger partial charge in [-0.25, -0.2) is 0 Å². The molecule has 0 aromatic rings. The van der Waals surface area contributed by atoms with Crippen molar-refractivity contribution in [2.75, 3.05) is 0 Å². The predicted octanol–water partition coefficient (Wildman–Crippen LogP) is 10.7. The molecule has 146 valence electrons. The minimum Gasteiger partial charge on any atom is -0.0683 e. The predicted molar refractivity (Wildman–Crippen MR) is 118 cm³/mol. The zero-order chi connectivity index (χ0) is 20.7. The molecule has 0 nitrogen and oxygen atoms in total. The van der Waals surface area contributed by atoms with E-state index in [2.05, 4.69) is 13.8 Å². The molecule has 0 N–H and O–H groups in total. The molecular weight excluding hydrogens is 252 g/mol. The summed E-state index contributed by atoms with van der Waals surface area (Å²) in [6.07, 6.45) is 1.25. The van der Waals surface area contributed by atoms with Gasteiger partial charge in [0.15, 0.2) is 0 Å². The van der Waals surface area contributed by atoms with Crippen molar-refractivity contribution in [1.29, 1.82) is 0 Å². The Morgan fingerprint density at radius 2 is 0.238 bits per heavy atom. The summed E-state index contributed by atoms with van der Waals surface area (Å²) in [5.41, 5.74) is 0. The second kappa shape index (κ2) is 7220. The molecule has 0 amide bonds. The van der Waals surface area contributed by atoms with Crippen molar-refractivity contribution in [3.05, 3.63) is 0 Å². The van der Waals surface area contributed by atoms with Crippen molar-refractivity contribution >= 4 is 0 Å². The minimum absolute atomic E-state index is 1.25. The lowest BCUT2D eigenvalue weighted by molar-refractivity contribution is 1.09. The molecule has 0 heterocycles. The quantitative estimate of drug-likeness (QED) is 0.417. The van der Waals surface area contributed by atoms with Gasteiger partial charge in [0, 0.05) is 0 Å². The highest BCUT2D eigenvalue weighted by Crippen LogP contribution is 1.56. The smallest absolute Gasteiger partial charge is 0.0590 e. The molecule has 0 heteroatoms. The van der Waals surface area contributed by atoms with E-state index in [-0.39, 0.29) is 0 Å². The van der Waals surface area contributed by atoms with Crippen LogP contribution in [0.15, 0.2) is 0 Å². The first-order valence-corrected chi connectivity index (χ1v) is 10.4. The van der Waals surface area contributed by atoms with Crippen LogP contribution in [0.25, 0.3) is 0 Å². The zero-order valence-electron chi connectivity index (χ0n) is 20.7. The van der Waals surface area contributed by atoms with Crippen LogP contribution in [-0.4, -0.2) is 0 Å². The molecule has 0 saturated carbocycles. The summed E-state index contributed by atoms with van der Waals surface area (Å²) < 4.78 is 0. The SMILES string of the molecule is CC.CC.CC.CC.CC.CC.CC.CC.CC.CCC. The molecule has 0 aliphatic carbocycles. The third-order valence-electron chi connectivity index (χ3n) is 0. The van der Waals surface area contributed by atoms with Gasteiger partial charge in [0.1, 0.15) is 0 Å². The van der Waals surface area contributed by atoms with Crippen molar-refractivity contribution in [2.45, 2.75) is 145 Å². The summed E-state index contributed by atoms with van der Waals surface area (Å²) in [5, 5.41) is 0. The average molecular weight is 315 g/mol. The molecule has 0 fully saturated rings. The fourth-order valence-electron chi connectivity index (χ4n) is 0. The lowest BCUT2D eigenvalue weighted by atomic mass is 10.6. The van der Waals surface area contributed by atoms with Crippen LogP contribution in [0.4, 0.5) is 0 Å². The van der Waals surface area contributed by atoms with Gasteiger partial charge < -0.3 is 0 Å². The van der Waals surface area contributed by atoms with Crippen molar-refractivity contribution in [3.63, 3.8) is 0 Å². The largest absolute Gasteiger partial charge is 0.0683 e. The van der Waals surface area contributed by atoms with Gasteiger partial charge in [-0.2, -0.15) is 0 Å². The van der Waals surface area contributed by atoms with E-state index in [1.807, 2.05) is 125 Å². The van der Waals surface area contributed by atoms with Crippen LogP contribution in [0.5, 0.6) is 0 Å². The molecule has 0 spiro atoms. The van der Waals surface area contributed by atoms with Crippen LogP contribution in [0, 0.1) is 0 Å². The van der Waals surface area contributed by atoms with Crippen molar-refractivity contribution < 1.29 is 0 Å². The van der Waals surface area contributed by atoms with Gasteiger partial charge in [0.05, 0.1) is 0 Å². The summed E-state index contributed by atoms with van der Waals surface area (Å²) in [6, 6.07) is 0. The molecule has 21 heavy (non-hydrogen) atoms. The molecule has 0 aromatic heterocycles. The number of hydrogen-bond donors (Lipinski definition) is 0. The van der Waals surface area contributed by atoms with Gasteiger partial charge in [-0.05, 0) is 0 Å². The van der Waals surface area contributed by atoms with E-state index >= 15 is 0 Å². The van der Waals surface area contributed by atoms with Crippen LogP contribution < -0.4 is 0 Å².